The summed E-state index contributed by atoms with van der Waals surface area (Å²) in [5.41, 5.74) is 3.44. The molecule has 7 nitrogen and oxygen atoms in total. The molecule has 39 heavy (non-hydrogen) atoms. The number of hydrogen-bond acceptors (Lipinski definition) is 8. The zero-order valence-electron chi connectivity index (χ0n) is 20.7. The summed E-state index contributed by atoms with van der Waals surface area (Å²) in [6, 6.07) is 15.9. The number of carbonyl (C=O) groups excluding carboxylic acids is 2. The van der Waals surface area contributed by atoms with E-state index in [1.807, 2.05) is 32.0 Å². The Labute approximate surface area is 242 Å². The van der Waals surface area contributed by atoms with E-state index in [0.717, 1.165) is 28.0 Å². The predicted molar refractivity (Wildman–Crippen MR) is 155 cm³/mol. The number of anilines is 1. The van der Waals surface area contributed by atoms with Gasteiger partial charge in [-0.15, -0.1) is 10.2 Å². The summed E-state index contributed by atoms with van der Waals surface area (Å²) < 4.78 is 0.567. The third-order valence-corrected chi connectivity index (χ3v) is 8.96. The summed E-state index contributed by atoms with van der Waals surface area (Å²) in [6.07, 6.45) is 0. The molecule has 0 spiro atoms. The Kier molecular flexibility index (Phi) is 7.68. The Morgan fingerprint density at radius 3 is 2.49 bits per heavy atom. The fraction of sp³-hybridized carbons (Fsp3) is 0.143. The number of hydrogen-bond donors (Lipinski definition) is 2. The summed E-state index contributed by atoms with van der Waals surface area (Å²) in [5.74, 6) is -1.40. The van der Waals surface area contributed by atoms with Gasteiger partial charge >= 0.3 is 5.91 Å². The number of halogens is 2. The molecule has 11 heteroatoms. The molecule has 1 unspecified atom stereocenters. The van der Waals surface area contributed by atoms with Crippen LogP contribution in [0.15, 0.2) is 70.6 Å². The Bertz CT molecular complexity index is 1640. The molecule has 1 aromatic heterocycles. The van der Waals surface area contributed by atoms with E-state index in [1.165, 1.54) is 28.8 Å². The number of aryl methyl sites for hydroxylation is 2. The molecular weight excluding hydrogens is 577 g/mol. The van der Waals surface area contributed by atoms with E-state index >= 15 is 0 Å². The summed E-state index contributed by atoms with van der Waals surface area (Å²) in [5, 5.41) is 31.0. The van der Waals surface area contributed by atoms with Crippen LogP contribution < -0.4 is 4.90 Å². The summed E-state index contributed by atoms with van der Waals surface area (Å²) >= 11 is 14.8. The van der Waals surface area contributed by atoms with Crippen LogP contribution in [0.4, 0.5) is 5.13 Å². The van der Waals surface area contributed by atoms with Crippen LogP contribution in [-0.4, -0.2) is 32.1 Å². The van der Waals surface area contributed by atoms with E-state index in [0.29, 0.717) is 31.3 Å². The van der Waals surface area contributed by atoms with E-state index in [-0.39, 0.29) is 22.2 Å². The first-order valence-corrected chi connectivity index (χ1v) is 14.3. The molecule has 3 aromatic carbocycles. The van der Waals surface area contributed by atoms with Gasteiger partial charge in [0.2, 0.25) is 5.13 Å². The van der Waals surface area contributed by atoms with Crippen molar-refractivity contribution in [2.45, 2.75) is 30.0 Å². The highest BCUT2D eigenvalue weighted by Crippen LogP contribution is 2.44. The first-order chi connectivity index (χ1) is 18.6. The van der Waals surface area contributed by atoms with Crippen LogP contribution in [0, 0.1) is 13.8 Å². The second kappa shape index (κ2) is 11.0. The van der Waals surface area contributed by atoms with Gasteiger partial charge in [0.1, 0.15) is 11.5 Å². The highest BCUT2D eigenvalue weighted by molar-refractivity contribution is 8.00. The number of rotatable bonds is 6. The number of aromatic nitrogens is 2. The highest BCUT2D eigenvalue weighted by Gasteiger charge is 2.48. The standard InChI is InChI=1S/C28H21Cl2N3O4S2/c1-14-3-4-15(2)20(11-14)24(35)22-23(16-6-9-19(34)10-7-16)33(26(37)25(22)36)27-31-32-28(39-27)38-13-17-5-8-18(29)12-21(17)30/h3-12,23,34-35H,13H2,1-2H3. The lowest BCUT2D eigenvalue weighted by atomic mass is 9.93. The van der Waals surface area contributed by atoms with Crippen LogP contribution in [0.1, 0.15) is 33.9 Å². The Hall–Kier alpha value is -3.37. The zero-order chi connectivity index (χ0) is 27.8. The quantitative estimate of drug-likeness (QED) is 0.0803. The molecule has 1 aliphatic heterocycles. The maximum Gasteiger partial charge on any atom is 0.301 e. The van der Waals surface area contributed by atoms with Gasteiger partial charge in [0.15, 0.2) is 4.34 Å². The maximum absolute atomic E-state index is 13.4. The van der Waals surface area contributed by atoms with Gasteiger partial charge in [-0.25, -0.2) is 0 Å². The molecule has 5 rings (SSSR count). The number of aliphatic hydroxyl groups is 1. The SMILES string of the molecule is Cc1ccc(C)c(C(O)=C2C(=O)C(=O)N(c3nnc(SCc4ccc(Cl)cc4Cl)s3)C2c2ccc(O)cc2)c1. The number of nitrogens with zero attached hydrogens (tertiary/aromatic N) is 3. The van der Waals surface area contributed by atoms with Crippen LogP contribution in [0.25, 0.3) is 5.76 Å². The largest absolute Gasteiger partial charge is 0.508 e. The van der Waals surface area contributed by atoms with Crippen molar-refractivity contribution in [3.05, 3.63) is 104 Å². The molecule has 2 heterocycles. The predicted octanol–water partition coefficient (Wildman–Crippen LogP) is 7.09. The van der Waals surface area contributed by atoms with Crippen molar-refractivity contribution in [2.24, 2.45) is 0 Å². The van der Waals surface area contributed by atoms with E-state index in [2.05, 4.69) is 10.2 Å². The number of phenols is 1. The second-order valence-corrected chi connectivity index (χ2v) is 12.0. The molecule has 0 radical (unpaired) electrons. The first kappa shape index (κ1) is 27.2. The topological polar surface area (TPSA) is 104 Å². The van der Waals surface area contributed by atoms with Crippen molar-refractivity contribution >= 4 is 68.9 Å². The third-order valence-electron chi connectivity index (χ3n) is 6.27. The summed E-state index contributed by atoms with van der Waals surface area (Å²) in [4.78, 5) is 28.1. The van der Waals surface area contributed by atoms with E-state index in [1.54, 1.807) is 30.3 Å². The van der Waals surface area contributed by atoms with Crippen molar-refractivity contribution in [3.8, 4) is 5.75 Å². The third kappa shape index (κ3) is 5.40. The number of ketones is 1. The minimum Gasteiger partial charge on any atom is -0.508 e. The molecule has 0 saturated carbocycles. The smallest absolute Gasteiger partial charge is 0.301 e. The molecule has 1 saturated heterocycles. The van der Waals surface area contributed by atoms with Gasteiger partial charge in [0.25, 0.3) is 5.78 Å². The second-order valence-electron chi connectivity index (χ2n) is 8.95. The minimum absolute atomic E-state index is 0.0284. The highest BCUT2D eigenvalue weighted by atomic mass is 35.5. The van der Waals surface area contributed by atoms with Crippen molar-refractivity contribution in [1.82, 2.24) is 10.2 Å². The molecule has 2 N–H and O–H groups in total. The van der Waals surface area contributed by atoms with Crippen LogP contribution in [0.2, 0.25) is 10.0 Å². The number of thioether (sulfide) groups is 1. The molecule has 1 amide bonds. The van der Waals surface area contributed by atoms with Crippen molar-refractivity contribution in [1.29, 1.82) is 0 Å². The van der Waals surface area contributed by atoms with E-state index < -0.39 is 17.7 Å². The monoisotopic (exact) mass is 597 g/mol. The van der Waals surface area contributed by atoms with Gasteiger partial charge in [-0.05, 0) is 60.9 Å². The average Bonchev–Trinajstić information content (AvgIpc) is 3.47. The number of phenolic OH excluding ortho intramolecular Hbond substituents is 1. The van der Waals surface area contributed by atoms with Gasteiger partial charge in [0.05, 0.1) is 11.6 Å². The molecule has 1 atom stereocenters. The van der Waals surface area contributed by atoms with Gasteiger partial charge in [-0.2, -0.15) is 0 Å². The summed E-state index contributed by atoms with van der Waals surface area (Å²) in [6.45, 7) is 3.70. The lowest BCUT2D eigenvalue weighted by Gasteiger charge is -2.22. The molecular formula is C28H21Cl2N3O4S2. The van der Waals surface area contributed by atoms with Gasteiger partial charge in [0, 0.05) is 21.4 Å². The zero-order valence-corrected chi connectivity index (χ0v) is 23.8. The normalized spacial score (nSPS) is 16.7. The minimum atomic E-state index is -0.970. The Morgan fingerprint density at radius 1 is 1.03 bits per heavy atom. The number of benzene rings is 3. The van der Waals surface area contributed by atoms with Crippen molar-refractivity contribution in [2.75, 3.05) is 4.90 Å². The molecule has 0 bridgehead atoms. The summed E-state index contributed by atoms with van der Waals surface area (Å²) in [7, 11) is 0. The van der Waals surface area contributed by atoms with E-state index in [9.17, 15) is 19.8 Å². The van der Waals surface area contributed by atoms with Crippen LogP contribution >= 0.6 is 46.3 Å². The number of aromatic hydroxyl groups is 1. The lowest BCUT2D eigenvalue weighted by Crippen LogP contribution is -2.29. The Morgan fingerprint density at radius 2 is 1.77 bits per heavy atom. The molecule has 198 valence electrons. The van der Waals surface area contributed by atoms with Crippen molar-refractivity contribution in [3.63, 3.8) is 0 Å². The maximum atomic E-state index is 13.4. The molecule has 0 aliphatic carbocycles. The Balaban J connectivity index is 1.55. The first-order valence-electron chi connectivity index (χ1n) is 11.7. The molecule has 1 fully saturated rings. The molecule has 4 aromatic rings. The van der Waals surface area contributed by atoms with Gasteiger partial charge in [-0.3, -0.25) is 14.5 Å². The van der Waals surface area contributed by atoms with Crippen LogP contribution in [0.5, 0.6) is 5.75 Å². The van der Waals surface area contributed by atoms with E-state index in [4.69, 9.17) is 23.2 Å². The fourth-order valence-corrected chi connectivity index (χ4v) is 6.70. The van der Waals surface area contributed by atoms with Gasteiger partial charge < -0.3 is 10.2 Å². The number of aliphatic hydroxyl groups excluding tert-OH is 1. The number of carbonyl (C=O) groups is 2. The number of Topliss-reactive ketones (excluding diaryl/α,β-unsaturated/α-hetero) is 1. The van der Waals surface area contributed by atoms with Crippen LogP contribution in [0.3, 0.4) is 0 Å². The number of amides is 1. The van der Waals surface area contributed by atoms with Gasteiger partial charge in [-0.1, -0.05) is 82.2 Å². The van der Waals surface area contributed by atoms with Crippen molar-refractivity contribution < 1.29 is 19.8 Å². The fourth-order valence-electron chi connectivity index (χ4n) is 4.27. The molecule has 1 aliphatic rings. The van der Waals surface area contributed by atoms with Crippen LogP contribution in [-0.2, 0) is 15.3 Å². The lowest BCUT2D eigenvalue weighted by molar-refractivity contribution is -0.132. The average molecular weight is 599 g/mol.